The molecule has 356 valence electrons. The van der Waals surface area contributed by atoms with Crippen molar-refractivity contribution in [1.82, 2.24) is 5.32 Å². The Hall–Kier alpha value is -2.58. The first-order valence-electron chi connectivity index (χ1n) is 24.6. The Morgan fingerprint density at radius 2 is 1.00 bits per heavy atom. The molecule has 0 saturated carbocycles. The average Bonchev–Trinajstić information content (AvgIpc) is 3.23. The molecule has 0 aromatic rings. The number of aliphatic hydroxyl groups is 1. The number of likely N-dealkylation sites (N-methyl/N-ethyl adjacent to an activating group) is 1. The van der Waals surface area contributed by atoms with Crippen LogP contribution in [-0.4, -0.2) is 68.5 Å². The molecular formula is C53H93N2O6P. The molecule has 0 radical (unpaired) electrons. The van der Waals surface area contributed by atoms with E-state index in [4.69, 9.17) is 9.05 Å². The van der Waals surface area contributed by atoms with Crippen molar-refractivity contribution in [3.05, 3.63) is 97.2 Å². The van der Waals surface area contributed by atoms with Gasteiger partial charge in [0.1, 0.15) is 13.2 Å². The molecule has 8 nitrogen and oxygen atoms in total. The maximum Gasteiger partial charge on any atom is 0.268 e. The monoisotopic (exact) mass is 885 g/mol. The second kappa shape index (κ2) is 43.7. The minimum Gasteiger partial charge on any atom is -0.756 e. The summed E-state index contributed by atoms with van der Waals surface area (Å²) >= 11 is 0. The predicted octanol–water partition coefficient (Wildman–Crippen LogP) is 13.7. The molecule has 3 unspecified atom stereocenters. The van der Waals surface area contributed by atoms with Gasteiger partial charge in [0.2, 0.25) is 5.91 Å². The molecule has 0 aliphatic rings. The summed E-state index contributed by atoms with van der Waals surface area (Å²) in [6.07, 6.45) is 61.8. The van der Waals surface area contributed by atoms with E-state index < -0.39 is 26.6 Å². The van der Waals surface area contributed by atoms with E-state index in [-0.39, 0.29) is 12.5 Å². The van der Waals surface area contributed by atoms with Gasteiger partial charge in [-0.25, -0.2) is 0 Å². The molecule has 1 amide bonds. The van der Waals surface area contributed by atoms with Gasteiger partial charge in [-0.1, -0.05) is 188 Å². The van der Waals surface area contributed by atoms with E-state index in [1.165, 1.54) is 70.6 Å². The second-order valence-corrected chi connectivity index (χ2v) is 18.8. The summed E-state index contributed by atoms with van der Waals surface area (Å²) in [7, 11) is 1.22. The number of rotatable bonds is 43. The molecule has 0 aliphatic carbocycles. The maximum atomic E-state index is 12.9. The standard InChI is InChI=1S/C53H93N2O6P/c1-6-8-10-12-14-16-18-20-21-22-23-24-25-26-27-28-29-30-31-32-33-35-37-39-41-43-45-47-53(57)54-51(50-61-62(58,59)60-49-48-55(3,4)5)52(56)46-44-42-40-38-36-34-19-17-15-13-11-9-7-2/h8,10,14,16,20-21,23-24,26-27,29-30,36,38,44,46,51-52,56H,6-7,9,11-13,15,17-19,22,25,28,31-35,37,39-43,45,47-50H2,1-5H3,(H-,54,57,58,59)/b10-8-,16-14-,21-20-,24-23-,27-26-,30-29-,38-36+,46-44+. The van der Waals surface area contributed by atoms with Crippen molar-refractivity contribution in [3.63, 3.8) is 0 Å². The fourth-order valence-electron chi connectivity index (χ4n) is 6.41. The number of hydrogen-bond donors (Lipinski definition) is 2. The summed E-state index contributed by atoms with van der Waals surface area (Å²) in [4.78, 5) is 25.4. The van der Waals surface area contributed by atoms with Crippen LogP contribution in [0.25, 0.3) is 0 Å². The topological polar surface area (TPSA) is 108 Å². The van der Waals surface area contributed by atoms with E-state index in [1.54, 1.807) is 6.08 Å². The van der Waals surface area contributed by atoms with Gasteiger partial charge >= 0.3 is 0 Å². The molecule has 0 bridgehead atoms. The average molecular weight is 885 g/mol. The highest BCUT2D eigenvalue weighted by molar-refractivity contribution is 7.45. The van der Waals surface area contributed by atoms with E-state index in [1.807, 2.05) is 27.2 Å². The Morgan fingerprint density at radius 1 is 0.581 bits per heavy atom. The van der Waals surface area contributed by atoms with Crippen LogP contribution in [0.2, 0.25) is 0 Å². The van der Waals surface area contributed by atoms with Crippen molar-refractivity contribution in [3.8, 4) is 0 Å². The summed E-state index contributed by atoms with van der Waals surface area (Å²) in [5, 5.41) is 13.8. The van der Waals surface area contributed by atoms with Crippen LogP contribution in [0.5, 0.6) is 0 Å². The summed E-state index contributed by atoms with van der Waals surface area (Å²) in [6.45, 7) is 4.47. The number of nitrogens with one attached hydrogen (secondary N) is 1. The Morgan fingerprint density at radius 3 is 1.50 bits per heavy atom. The van der Waals surface area contributed by atoms with Crippen molar-refractivity contribution >= 4 is 13.7 Å². The molecule has 0 rings (SSSR count). The van der Waals surface area contributed by atoms with Gasteiger partial charge in [0.15, 0.2) is 0 Å². The number of quaternary nitrogens is 1. The molecule has 0 aromatic heterocycles. The van der Waals surface area contributed by atoms with Gasteiger partial charge in [0.25, 0.3) is 7.82 Å². The number of phosphoric acid groups is 1. The maximum absolute atomic E-state index is 12.9. The number of aliphatic hydroxyl groups excluding tert-OH is 1. The van der Waals surface area contributed by atoms with Gasteiger partial charge in [0, 0.05) is 6.42 Å². The first-order chi connectivity index (χ1) is 30.0. The van der Waals surface area contributed by atoms with Crippen LogP contribution in [-0.2, 0) is 18.4 Å². The molecule has 9 heteroatoms. The lowest BCUT2D eigenvalue weighted by atomic mass is 10.1. The minimum absolute atomic E-state index is 0.0133. The summed E-state index contributed by atoms with van der Waals surface area (Å²) in [6, 6.07) is -0.913. The molecule has 62 heavy (non-hydrogen) atoms. The molecule has 0 aromatic carbocycles. The Balaban J connectivity index is 4.32. The summed E-state index contributed by atoms with van der Waals surface area (Å²) in [5.74, 6) is -0.222. The molecular weight excluding hydrogens is 792 g/mol. The molecule has 0 saturated heterocycles. The molecule has 0 fully saturated rings. The highest BCUT2D eigenvalue weighted by Crippen LogP contribution is 2.38. The number of nitrogens with zero attached hydrogens (tertiary/aromatic N) is 1. The zero-order valence-corrected chi connectivity index (χ0v) is 41.2. The second-order valence-electron chi connectivity index (χ2n) is 17.4. The fourth-order valence-corrected chi connectivity index (χ4v) is 7.13. The minimum atomic E-state index is -4.61. The number of carbonyl (C=O) groups excluding carboxylic acids is 1. The van der Waals surface area contributed by atoms with Crippen molar-refractivity contribution in [1.29, 1.82) is 0 Å². The number of carbonyl (C=O) groups is 1. The van der Waals surface area contributed by atoms with Crippen molar-refractivity contribution in [2.24, 2.45) is 0 Å². The smallest absolute Gasteiger partial charge is 0.268 e. The van der Waals surface area contributed by atoms with Crippen LogP contribution in [0.1, 0.15) is 181 Å². The summed E-state index contributed by atoms with van der Waals surface area (Å²) < 4.78 is 23.2. The SMILES string of the molecule is CC/C=C\C/C=C\C/C=C\C/C=C\C/C=C\C/C=C\CCCCCCCCCCC(=O)NC(COP(=O)([O-])OCC[N+](C)(C)C)C(O)/C=C/CC/C=C/CCCCCCCCC. The van der Waals surface area contributed by atoms with Crippen LogP contribution in [0.15, 0.2) is 97.2 Å². The Labute approximate surface area is 381 Å². The van der Waals surface area contributed by atoms with Gasteiger partial charge < -0.3 is 28.8 Å². The molecule has 0 heterocycles. The van der Waals surface area contributed by atoms with Crippen LogP contribution in [0, 0.1) is 0 Å². The van der Waals surface area contributed by atoms with Gasteiger partial charge in [-0.15, -0.1) is 0 Å². The lowest BCUT2D eigenvalue weighted by Gasteiger charge is -2.29. The van der Waals surface area contributed by atoms with Gasteiger partial charge in [-0.05, 0) is 83.5 Å². The molecule has 2 N–H and O–H groups in total. The molecule has 3 atom stereocenters. The third kappa shape index (κ3) is 45.4. The Bertz CT molecular complexity index is 1330. The van der Waals surface area contributed by atoms with E-state index in [0.29, 0.717) is 17.4 Å². The third-order valence-corrected chi connectivity index (χ3v) is 11.2. The lowest BCUT2D eigenvalue weighted by molar-refractivity contribution is -0.870. The third-order valence-electron chi connectivity index (χ3n) is 10.3. The molecule has 0 spiro atoms. The van der Waals surface area contributed by atoms with E-state index in [2.05, 4.69) is 104 Å². The Kier molecular flexibility index (Phi) is 41.8. The highest BCUT2D eigenvalue weighted by atomic mass is 31.2. The fraction of sp³-hybridized carbons (Fsp3) is 0.679. The number of amides is 1. The number of phosphoric ester groups is 1. The molecule has 0 aliphatic heterocycles. The van der Waals surface area contributed by atoms with Gasteiger partial charge in [0.05, 0.1) is 39.9 Å². The zero-order valence-electron chi connectivity index (χ0n) is 40.3. The van der Waals surface area contributed by atoms with Crippen LogP contribution < -0.4 is 10.2 Å². The van der Waals surface area contributed by atoms with Gasteiger partial charge in [-0.2, -0.15) is 0 Å². The van der Waals surface area contributed by atoms with E-state index in [0.717, 1.165) is 89.9 Å². The van der Waals surface area contributed by atoms with Crippen molar-refractivity contribution < 1.29 is 32.9 Å². The van der Waals surface area contributed by atoms with E-state index in [9.17, 15) is 19.4 Å². The number of allylic oxidation sites excluding steroid dienone is 15. The summed E-state index contributed by atoms with van der Waals surface area (Å²) in [5.41, 5.74) is 0. The van der Waals surface area contributed by atoms with Crippen LogP contribution >= 0.6 is 7.82 Å². The first kappa shape index (κ1) is 59.4. The lowest BCUT2D eigenvalue weighted by Crippen LogP contribution is -2.45. The van der Waals surface area contributed by atoms with Crippen LogP contribution in [0.4, 0.5) is 0 Å². The largest absolute Gasteiger partial charge is 0.756 e. The first-order valence-corrected chi connectivity index (χ1v) is 26.1. The van der Waals surface area contributed by atoms with Crippen LogP contribution in [0.3, 0.4) is 0 Å². The van der Waals surface area contributed by atoms with Gasteiger partial charge in [-0.3, -0.25) is 9.36 Å². The van der Waals surface area contributed by atoms with E-state index >= 15 is 0 Å². The van der Waals surface area contributed by atoms with Crippen molar-refractivity contribution in [2.75, 3.05) is 40.9 Å². The predicted molar refractivity (Wildman–Crippen MR) is 265 cm³/mol. The quantitative estimate of drug-likeness (QED) is 0.0273. The number of unbranched alkanes of at least 4 members (excludes halogenated alkanes) is 16. The normalized spacial score (nSPS) is 15.0. The van der Waals surface area contributed by atoms with Crippen molar-refractivity contribution in [2.45, 2.75) is 193 Å². The highest BCUT2D eigenvalue weighted by Gasteiger charge is 2.23. The zero-order chi connectivity index (χ0) is 45.7. The number of hydrogen-bond acceptors (Lipinski definition) is 6.